The second kappa shape index (κ2) is 8.91. The van der Waals surface area contributed by atoms with Crippen molar-refractivity contribution in [1.82, 2.24) is 5.32 Å². The van der Waals surface area contributed by atoms with E-state index in [-0.39, 0.29) is 17.7 Å². The zero-order chi connectivity index (χ0) is 14.9. The monoisotopic (exact) mass is 272 g/mol. The lowest BCUT2D eigenvalue weighted by atomic mass is 9.76. The predicted molar refractivity (Wildman–Crippen MR) is 75.7 cm³/mol. The van der Waals surface area contributed by atoms with Gasteiger partial charge in [-0.25, -0.2) is 0 Å². The largest absolute Gasteiger partial charge is 0.481 e. The Morgan fingerprint density at radius 1 is 1.21 bits per heavy atom. The van der Waals surface area contributed by atoms with Gasteiger partial charge in [-0.05, 0) is 37.1 Å². The molecule has 5 heteroatoms. The molecule has 0 aromatic carbocycles. The topological polar surface area (TPSA) is 92.4 Å². The Morgan fingerprint density at radius 3 is 2.32 bits per heavy atom. The molecule has 0 aliphatic rings. The molecule has 112 valence electrons. The van der Waals surface area contributed by atoms with Gasteiger partial charge in [-0.15, -0.1) is 0 Å². The molecule has 0 bridgehead atoms. The van der Waals surface area contributed by atoms with Crippen LogP contribution in [0.2, 0.25) is 0 Å². The summed E-state index contributed by atoms with van der Waals surface area (Å²) >= 11 is 0. The molecular formula is C14H28N2O3. The maximum atomic E-state index is 11.6. The van der Waals surface area contributed by atoms with Gasteiger partial charge in [-0.1, -0.05) is 20.8 Å². The van der Waals surface area contributed by atoms with Crippen molar-refractivity contribution in [2.75, 3.05) is 13.1 Å². The Bertz CT molecular complexity index is 285. The quantitative estimate of drug-likeness (QED) is 0.558. The minimum Gasteiger partial charge on any atom is -0.481 e. The third-order valence-corrected chi connectivity index (χ3v) is 3.35. The van der Waals surface area contributed by atoms with Crippen LogP contribution in [0.5, 0.6) is 0 Å². The van der Waals surface area contributed by atoms with Gasteiger partial charge in [0.1, 0.15) is 0 Å². The highest BCUT2D eigenvalue weighted by atomic mass is 16.4. The van der Waals surface area contributed by atoms with Crippen LogP contribution in [0.15, 0.2) is 0 Å². The first kappa shape index (κ1) is 17.9. The van der Waals surface area contributed by atoms with Gasteiger partial charge in [0.2, 0.25) is 5.91 Å². The van der Waals surface area contributed by atoms with Crippen LogP contribution in [0, 0.1) is 11.3 Å². The van der Waals surface area contributed by atoms with Crippen molar-refractivity contribution >= 4 is 11.9 Å². The van der Waals surface area contributed by atoms with Crippen LogP contribution in [0.1, 0.15) is 52.9 Å². The molecular weight excluding hydrogens is 244 g/mol. The molecule has 0 radical (unpaired) electrons. The molecule has 0 rings (SSSR count). The summed E-state index contributed by atoms with van der Waals surface area (Å²) in [6.45, 7) is 7.57. The molecule has 0 saturated heterocycles. The number of nitrogens with two attached hydrogens (primary N) is 1. The summed E-state index contributed by atoms with van der Waals surface area (Å²) in [5.41, 5.74) is 5.76. The Balaban J connectivity index is 3.89. The lowest BCUT2D eigenvalue weighted by Crippen LogP contribution is -2.28. The van der Waals surface area contributed by atoms with Crippen molar-refractivity contribution in [2.24, 2.45) is 17.1 Å². The molecule has 5 nitrogen and oxygen atoms in total. The van der Waals surface area contributed by atoms with Gasteiger partial charge in [0.15, 0.2) is 0 Å². The number of carboxylic acid groups (broad SMARTS) is 1. The zero-order valence-corrected chi connectivity index (χ0v) is 12.4. The summed E-state index contributed by atoms with van der Waals surface area (Å²) in [5, 5.41) is 11.2. The average Bonchev–Trinajstić information content (AvgIpc) is 2.28. The third-order valence-electron chi connectivity index (χ3n) is 3.35. The molecule has 0 heterocycles. The average molecular weight is 272 g/mol. The van der Waals surface area contributed by atoms with Crippen molar-refractivity contribution in [3.8, 4) is 0 Å². The number of carbonyl (C=O) groups excluding carboxylic acids is 1. The summed E-state index contributed by atoms with van der Waals surface area (Å²) in [6.07, 6.45) is 2.81. The highest BCUT2D eigenvalue weighted by molar-refractivity contribution is 5.75. The molecule has 0 fully saturated rings. The van der Waals surface area contributed by atoms with Crippen LogP contribution in [-0.2, 0) is 9.59 Å². The molecule has 0 aliphatic heterocycles. The summed E-state index contributed by atoms with van der Waals surface area (Å²) in [4.78, 5) is 22.0. The standard InChI is InChI=1S/C14H28N2O3/c1-14(2,3)11(8-9-15)6-7-12(17)16-10-4-5-13(18)19/h11H,4-10,15H2,1-3H3,(H,16,17)(H,18,19). The van der Waals surface area contributed by atoms with E-state index in [1.165, 1.54) is 0 Å². The Hall–Kier alpha value is -1.10. The highest BCUT2D eigenvalue weighted by Gasteiger charge is 2.24. The number of aliphatic carboxylic acids is 1. The van der Waals surface area contributed by atoms with Crippen LogP contribution in [0.25, 0.3) is 0 Å². The third kappa shape index (κ3) is 9.47. The number of rotatable bonds is 9. The van der Waals surface area contributed by atoms with E-state index in [0.29, 0.717) is 31.8 Å². The summed E-state index contributed by atoms with van der Waals surface area (Å²) in [7, 11) is 0. The first-order valence-corrected chi connectivity index (χ1v) is 6.96. The van der Waals surface area contributed by atoms with E-state index in [9.17, 15) is 9.59 Å². The van der Waals surface area contributed by atoms with E-state index in [0.717, 1.165) is 12.8 Å². The SMILES string of the molecule is CC(C)(C)C(CCN)CCC(=O)NCCCC(=O)O. The molecule has 4 N–H and O–H groups in total. The smallest absolute Gasteiger partial charge is 0.303 e. The molecule has 0 aromatic rings. The van der Waals surface area contributed by atoms with Crippen LogP contribution >= 0.6 is 0 Å². The van der Waals surface area contributed by atoms with E-state index in [1.807, 2.05) is 0 Å². The second-order valence-corrected chi connectivity index (χ2v) is 6.03. The second-order valence-electron chi connectivity index (χ2n) is 6.03. The fourth-order valence-corrected chi connectivity index (χ4v) is 2.07. The van der Waals surface area contributed by atoms with Crippen LogP contribution < -0.4 is 11.1 Å². The Labute approximate surface area is 115 Å². The van der Waals surface area contributed by atoms with Crippen LogP contribution in [-0.4, -0.2) is 30.1 Å². The van der Waals surface area contributed by atoms with E-state index in [4.69, 9.17) is 10.8 Å². The molecule has 1 amide bonds. The summed E-state index contributed by atoms with van der Waals surface area (Å²) in [5.74, 6) is -0.399. The molecule has 0 aliphatic carbocycles. The normalized spacial score (nSPS) is 13.1. The van der Waals surface area contributed by atoms with Crippen LogP contribution in [0.4, 0.5) is 0 Å². The maximum absolute atomic E-state index is 11.6. The van der Waals surface area contributed by atoms with Gasteiger partial charge in [0, 0.05) is 19.4 Å². The van der Waals surface area contributed by atoms with Crippen molar-refractivity contribution in [2.45, 2.75) is 52.9 Å². The molecule has 1 unspecified atom stereocenters. The number of amides is 1. The fraction of sp³-hybridized carbons (Fsp3) is 0.857. The molecule has 19 heavy (non-hydrogen) atoms. The van der Waals surface area contributed by atoms with Gasteiger partial charge in [-0.2, -0.15) is 0 Å². The van der Waals surface area contributed by atoms with E-state index >= 15 is 0 Å². The number of carbonyl (C=O) groups is 2. The van der Waals surface area contributed by atoms with Crippen molar-refractivity contribution in [1.29, 1.82) is 0 Å². The van der Waals surface area contributed by atoms with Gasteiger partial charge in [0.05, 0.1) is 0 Å². The van der Waals surface area contributed by atoms with E-state index in [1.54, 1.807) is 0 Å². The van der Waals surface area contributed by atoms with Crippen LogP contribution in [0.3, 0.4) is 0 Å². The minimum absolute atomic E-state index is 0.00309. The maximum Gasteiger partial charge on any atom is 0.303 e. The summed E-state index contributed by atoms with van der Waals surface area (Å²) in [6, 6.07) is 0. The predicted octanol–water partition coefficient (Wildman–Crippen LogP) is 1.76. The summed E-state index contributed by atoms with van der Waals surface area (Å²) < 4.78 is 0. The van der Waals surface area contributed by atoms with Gasteiger partial charge in [0.25, 0.3) is 0 Å². The Kier molecular flexibility index (Phi) is 8.39. The van der Waals surface area contributed by atoms with Crippen molar-refractivity contribution < 1.29 is 14.7 Å². The fourth-order valence-electron chi connectivity index (χ4n) is 2.07. The van der Waals surface area contributed by atoms with Gasteiger partial charge in [-0.3, -0.25) is 9.59 Å². The first-order chi connectivity index (χ1) is 8.77. The highest BCUT2D eigenvalue weighted by Crippen LogP contribution is 2.31. The molecule has 0 aromatic heterocycles. The number of carboxylic acids is 1. The molecule has 0 saturated carbocycles. The Morgan fingerprint density at radius 2 is 1.84 bits per heavy atom. The van der Waals surface area contributed by atoms with Gasteiger partial charge < -0.3 is 16.2 Å². The van der Waals surface area contributed by atoms with E-state index < -0.39 is 5.97 Å². The lowest BCUT2D eigenvalue weighted by Gasteiger charge is -2.30. The van der Waals surface area contributed by atoms with Gasteiger partial charge >= 0.3 is 5.97 Å². The first-order valence-electron chi connectivity index (χ1n) is 6.96. The number of nitrogens with one attached hydrogen (secondary N) is 1. The van der Waals surface area contributed by atoms with Crippen molar-refractivity contribution in [3.05, 3.63) is 0 Å². The van der Waals surface area contributed by atoms with Crippen molar-refractivity contribution in [3.63, 3.8) is 0 Å². The molecule has 0 spiro atoms. The lowest BCUT2D eigenvalue weighted by molar-refractivity contribution is -0.137. The molecule has 1 atom stereocenters. The minimum atomic E-state index is -0.829. The zero-order valence-electron chi connectivity index (χ0n) is 12.4. The van der Waals surface area contributed by atoms with E-state index in [2.05, 4.69) is 26.1 Å². The number of hydrogen-bond acceptors (Lipinski definition) is 3. The number of hydrogen-bond donors (Lipinski definition) is 3.